The monoisotopic (exact) mass is 512 g/mol. The van der Waals surface area contributed by atoms with Gasteiger partial charge in [-0.25, -0.2) is 4.79 Å². The molecule has 0 bridgehead atoms. The molecule has 0 spiro atoms. The average Bonchev–Trinajstić information content (AvgIpc) is 3.08. The predicted molar refractivity (Wildman–Crippen MR) is 145 cm³/mol. The molecule has 5 nitrogen and oxygen atoms in total. The van der Waals surface area contributed by atoms with Crippen molar-refractivity contribution in [3.63, 3.8) is 0 Å². The Hall–Kier alpha value is -2.08. The summed E-state index contributed by atoms with van der Waals surface area (Å²) in [4.78, 5) is 25.7. The topological polar surface area (TPSA) is 72.8 Å². The number of allylic oxidation sites excluding steroid dienone is 1. The van der Waals surface area contributed by atoms with Crippen LogP contribution >= 0.6 is 0 Å². The average molecular weight is 513 g/mol. The molecule has 198 valence electrons. The SMILES string of the molecule is CCOC(=O)/C(O)=C1\CC2C3CCc4cc(O[Si](C)(C)C(C)(C)C)c(CC)cc4C3CCC2(C)C1=O. The minimum Gasteiger partial charge on any atom is -0.543 e. The highest BCUT2D eigenvalue weighted by atomic mass is 28.4. The first-order chi connectivity index (χ1) is 16.7. The highest BCUT2D eigenvalue weighted by Gasteiger charge is 2.57. The lowest BCUT2D eigenvalue weighted by atomic mass is 9.55. The molecule has 0 radical (unpaired) electrons. The lowest BCUT2D eigenvalue weighted by Crippen LogP contribution is -2.44. The maximum atomic E-state index is 13.5. The summed E-state index contributed by atoms with van der Waals surface area (Å²) in [5.41, 5.74) is 3.84. The van der Waals surface area contributed by atoms with Gasteiger partial charge in [0.1, 0.15) is 5.75 Å². The molecule has 0 aliphatic heterocycles. The molecule has 2 fully saturated rings. The van der Waals surface area contributed by atoms with Gasteiger partial charge in [-0.3, -0.25) is 4.79 Å². The van der Waals surface area contributed by atoms with Crippen LogP contribution in [0.15, 0.2) is 23.5 Å². The molecular formula is C30H44O5Si. The van der Waals surface area contributed by atoms with Crippen LogP contribution < -0.4 is 4.43 Å². The number of aliphatic hydroxyl groups excluding tert-OH is 1. The number of hydrogen-bond donors (Lipinski definition) is 1. The number of carbonyl (C=O) groups is 2. The summed E-state index contributed by atoms with van der Waals surface area (Å²) in [6, 6.07) is 4.71. The standard InChI is InChI=1S/C30H44O5Si/c1-9-18-15-22-19(16-25(18)35-36(7,8)29(3,4)5)11-12-21-20(22)13-14-30(6)24(21)17-23(27(30)32)26(31)28(33)34-10-2/h15-16,20-21,24,31H,9-14,17H2,1-8H3/b26-23-. The Balaban J connectivity index is 1.67. The van der Waals surface area contributed by atoms with Crippen LogP contribution in [0.1, 0.15) is 89.8 Å². The largest absolute Gasteiger partial charge is 0.543 e. The Morgan fingerprint density at radius 3 is 2.50 bits per heavy atom. The van der Waals surface area contributed by atoms with E-state index in [0.29, 0.717) is 18.3 Å². The smallest absolute Gasteiger partial charge is 0.373 e. The fourth-order valence-electron chi connectivity index (χ4n) is 6.61. The zero-order valence-corrected chi connectivity index (χ0v) is 24.4. The number of esters is 1. The molecule has 1 N–H and O–H groups in total. The molecule has 0 amide bonds. The van der Waals surface area contributed by atoms with E-state index in [1.54, 1.807) is 6.92 Å². The summed E-state index contributed by atoms with van der Waals surface area (Å²) in [7, 11) is -1.95. The third-order valence-corrected chi connectivity index (χ3v) is 14.2. The van der Waals surface area contributed by atoms with E-state index >= 15 is 0 Å². The van der Waals surface area contributed by atoms with Crippen molar-refractivity contribution in [2.75, 3.05) is 6.61 Å². The van der Waals surface area contributed by atoms with E-state index in [9.17, 15) is 14.7 Å². The number of ether oxygens (including phenoxy) is 1. The van der Waals surface area contributed by atoms with Gasteiger partial charge in [0.05, 0.1) is 6.61 Å². The summed E-state index contributed by atoms with van der Waals surface area (Å²) in [5, 5.41) is 10.7. The lowest BCUT2D eigenvalue weighted by molar-refractivity contribution is -0.142. The molecular weight excluding hydrogens is 468 g/mol. The van der Waals surface area contributed by atoms with Gasteiger partial charge in [-0.2, -0.15) is 0 Å². The highest BCUT2D eigenvalue weighted by Crippen LogP contribution is 2.61. The molecule has 6 heteroatoms. The molecule has 0 aromatic heterocycles. The molecule has 3 aliphatic carbocycles. The van der Waals surface area contributed by atoms with Crippen LogP contribution in [0, 0.1) is 17.3 Å². The molecule has 2 saturated carbocycles. The van der Waals surface area contributed by atoms with Crippen LogP contribution in [0.2, 0.25) is 18.1 Å². The lowest BCUT2D eigenvalue weighted by Gasteiger charge is -2.48. The van der Waals surface area contributed by atoms with Gasteiger partial charge in [-0.15, -0.1) is 0 Å². The third kappa shape index (κ3) is 4.33. The second kappa shape index (κ2) is 9.34. The molecule has 4 rings (SSSR count). The Labute approximate surface area is 217 Å². The number of rotatable bonds is 5. The maximum Gasteiger partial charge on any atom is 0.373 e. The van der Waals surface area contributed by atoms with E-state index in [2.05, 4.69) is 52.9 Å². The van der Waals surface area contributed by atoms with Gasteiger partial charge in [-0.1, -0.05) is 40.7 Å². The van der Waals surface area contributed by atoms with Gasteiger partial charge in [0.15, 0.2) is 5.78 Å². The van der Waals surface area contributed by atoms with E-state index in [1.165, 1.54) is 16.7 Å². The number of hydrogen-bond acceptors (Lipinski definition) is 5. The van der Waals surface area contributed by atoms with Gasteiger partial charge in [0, 0.05) is 11.0 Å². The molecule has 4 unspecified atom stereocenters. The predicted octanol–water partition coefficient (Wildman–Crippen LogP) is 7.04. The third-order valence-electron chi connectivity index (χ3n) is 9.82. The molecule has 0 heterocycles. The maximum absolute atomic E-state index is 13.5. The fourth-order valence-corrected chi connectivity index (χ4v) is 7.65. The second-order valence-electron chi connectivity index (χ2n) is 12.8. The molecule has 0 saturated heterocycles. The van der Waals surface area contributed by atoms with Crippen LogP contribution in [0.5, 0.6) is 5.75 Å². The summed E-state index contributed by atoms with van der Waals surface area (Å²) in [6.07, 6.45) is 5.11. The Morgan fingerprint density at radius 1 is 1.19 bits per heavy atom. The van der Waals surface area contributed by atoms with Crippen LogP contribution in [-0.2, 0) is 27.2 Å². The van der Waals surface area contributed by atoms with Gasteiger partial charge in [0.2, 0.25) is 14.1 Å². The van der Waals surface area contributed by atoms with Crippen molar-refractivity contribution in [2.45, 2.75) is 104 Å². The number of carbonyl (C=O) groups excluding carboxylic acids is 2. The van der Waals surface area contributed by atoms with Gasteiger partial charge in [-0.05, 0) is 104 Å². The fraction of sp³-hybridized carbons (Fsp3) is 0.667. The van der Waals surface area contributed by atoms with Crippen molar-refractivity contribution in [1.82, 2.24) is 0 Å². The quantitative estimate of drug-likeness (QED) is 0.198. The Morgan fingerprint density at radius 2 is 1.89 bits per heavy atom. The first-order valence-corrected chi connectivity index (χ1v) is 16.6. The zero-order chi connectivity index (χ0) is 26.6. The van der Waals surface area contributed by atoms with Crippen LogP contribution in [-0.4, -0.2) is 31.8 Å². The number of aryl methyl sites for hydroxylation is 2. The van der Waals surface area contributed by atoms with Crippen LogP contribution in [0.4, 0.5) is 0 Å². The minimum atomic E-state index is -1.95. The van der Waals surface area contributed by atoms with Crippen molar-refractivity contribution in [3.8, 4) is 5.75 Å². The van der Waals surface area contributed by atoms with Gasteiger partial charge in [0.25, 0.3) is 0 Å². The van der Waals surface area contributed by atoms with Crippen molar-refractivity contribution < 1.29 is 23.9 Å². The van der Waals surface area contributed by atoms with Crippen LogP contribution in [0.25, 0.3) is 0 Å². The minimum absolute atomic E-state index is 0.0605. The summed E-state index contributed by atoms with van der Waals surface area (Å²) >= 11 is 0. The molecule has 1 aromatic carbocycles. The summed E-state index contributed by atoms with van der Waals surface area (Å²) in [5.74, 6) is 0.635. The van der Waals surface area contributed by atoms with Crippen molar-refractivity contribution in [1.29, 1.82) is 0 Å². The van der Waals surface area contributed by atoms with E-state index in [-0.39, 0.29) is 28.9 Å². The number of fused-ring (bicyclic) bond motifs is 5. The molecule has 3 aliphatic rings. The normalized spacial score (nSPS) is 29.2. The van der Waals surface area contributed by atoms with Crippen molar-refractivity contribution >= 4 is 20.1 Å². The zero-order valence-electron chi connectivity index (χ0n) is 23.4. The number of benzene rings is 1. The van der Waals surface area contributed by atoms with Crippen molar-refractivity contribution in [2.24, 2.45) is 17.3 Å². The van der Waals surface area contributed by atoms with E-state index < -0.39 is 25.5 Å². The number of aliphatic hydroxyl groups is 1. The highest BCUT2D eigenvalue weighted by molar-refractivity contribution is 6.74. The Bertz CT molecular complexity index is 1100. The first kappa shape index (κ1) is 27.0. The van der Waals surface area contributed by atoms with E-state index in [1.807, 2.05) is 6.92 Å². The van der Waals surface area contributed by atoms with E-state index in [0.717, 1.165) is 37.9 Å². The van der Waals surface area contributed by atoms with Gasteiger partial charge >= 0.3 is 5.97 Å². The molecule has 4 atom stereocenters. The van der Waals surface area contributed by atoms with Crippen LogP contribution in [0.3, 0.4) is 0 Å². The van der Waals surface area contributed by atoms with E-state index in [4.69, 9.17) is 9.16 Å². The molecule has 36 heavy (non-hydrogen) atoms. The first-order valence-electron chi connectivity index (χ1n) is 13.7. The molecule has 1 aromatic rings. The van der Waals surface area contributed by atoms with Crippen molar-refractivity contribution in [3.05, 3.63) is 40.2 Å². The second-order valence-corrected chi connectivity index (χ2v) is 17.6. The number of Topliss-reactive ketones (excluding diaryl/α,β-unsaturated/α-hetero) is 1. The summed E-state index contributed by atoms with van der Waals surface area (Å²) in [6.45, 7) is 17.6. The number of ketones is 1. The summed E-state index contributed by atoms with van der Waals surface area (Å²) < 4.78 is 11.8. The Kier molecular flexibility index (Phi) is 7.00. The van der Waals surface area contributed by atoms with Gasteiger partial charge < -0.3 is 14.3 Å².